The summed E-state index contributed by atoms with van der Waals surface area (Å²) in [5.74, 6) is -1.06. The molecule has 2 rings (SSSR count). The Morgan fingerprint density at radius 1 is 1.35 bits per heavy atom. The molecule has 0 N–H and O–H groups in total. The number of aromatic nitrogens is 1. The van der Waals surface area contributed by atoms with Crippen molar-refractivity contribution in [2.24, 2.45) is 0 Å². The minimum atomic E-state index is -0.565. The van der Waals surface area contributed by atoms with E-state index in [2.05, 4.69) is 9.72 Å². The summed E-state index contributed by atoms with van der Waals surface area (Å²) in [4.78, 5) is 15.6. The number of hydrogen-bond donors (Lipinski definition) is 0. The number of carbonyl (C=O) groups is 1. The molecule has 1 heterocycles. The topological polar surface area (TPSA) is 39.2 Å². The molecule has 6 heteroatoms. The SMILES string of the molecule is COC(=O)c1cc(Cc2cccc(Cl)c2F)ncc1Cl. The van der Waals surface area contributed by atoms with Crippen molar-refractivity contribution < 1.29 is 13.9 Å². The maximum Gasteiger partial charge on any atom is 0.339 e. The number of methoxy groups -OCH3 is 1. The number of pyridine rings is 1. The number of nitrogens with zero attached hydrogens (tertiary/aromatic N) is 1. The molecule has 3 nitrogen and oxygen atoms in total. The first-order valence-electron chi connectivity index (χ1n) is 5.68. The second kappa shape index (κ2) is 6.20. The summed E-state index contributed by atoms with van der Waals surface area (Å²) in [6.07, 6.45) is 1.54. The summed E-state index contributed by atoms with van der Waals surface area (Å²) in [5, 5.41) is 0.233. The van der Waals surface area contributed by atoms with Crippen LogP contribution in [-0.4, -0.2) is 18.1 Å². The molecule has 0 amide bonds. The van der Waals surface area contributed by atoms with Gasteiger partial charge in [0.1, 0.15) is 5.82 Å². The van der Waals surface area contributed by atoms with Gasteiger partial charge in [0, 0.05) is 18.3 Å². The van der Waals surface area contributed by atoms with E-state index in [4.69, 9.17) is 23.2 Å². The quantitative estimate of drug-likeness (QED) is 0.807. The average Bonchev–Trinajstić information content (AvgIpc) is 2.45. The molecule has 0 aliphatic rings. The fraction of sp³-hybridized carbons (Fsp3) is 0.143. The Kier molecular flexibility index (Phi) is 4.57. The van der Waals surface area contributed by atoms with Gasteiger partial charge >= 0.3 is 5.97 Å². The first-order valence-corrected chi connectivity index (χ1v) is 6.44. The van der Waals surface area contributed by atoms with E-state index in [0.717, 1.165) is 0 Å². The van der Waals surface area contributed by atoms with Gasteiger partial charge in [-0.3, -0.25) is 4.98 Å². The van der Waals surface area contributed by atoms with Crippen LogP contribution >= 0.6 is 23.2 Å². The summed E-state index contributed by atoms with van der Waals surface area (Å²) >= 11 is 11.6. The summed E-state index contributed by atoms with van der Waals surface area (Å²) in [6.45, 7) is 0. The Morgan fingerprint density at radius 3 is 2.80 bits per heavy atom. The van der Waals surface area contributed by atoms with Crippen molar-refractivity contribution in [1.29, 1.82) is 0 Å². The van der Waals surface area contributed by atoms with Crippen molar-refractivity contribution >= 4 is 29.2 Å². The van der Waals surface area contributed by atoms with Crippen molar-refractivity contribution in [1.82, 2.24) is 4.98 Å². The third-order valence-electron chi connectivity index (χ3n) is 2.72. The minimum Gasteiger partial charge on any atom is -0.465 e. The van der Waals surface area contributed by atoms with Gasteiger partial charge in [0.05, 0.1) is 22.7 Å². The molecule has 2 aromatic rings. The standard InChI is InChI=1S/C14H10Cl2FNO2/c1-20-14(19)10-6-9(18-7-12(10)16)5-8-3-2-4-11(15)13(8)17/h2-4,6-7H,5H2,1H3. The molecule has 0 fully saturated rings. The van der Waals surface area contributed by atoms with Crippen LogP contribution in [-0.2, 0) is 11.2 Å². The largest absolute Gasteiger partial charge is 0.465 e. The molecule has 0 spiro atoms. The first-order chi connectivity index (χ1) is 9.52. The van der Waals surface area contributed by atoms with Crippen LogP contribution in [0.1, 0.15) is 21.6 Å². The number of carbonyl (C=O) groups excluding carboxylic acids is 1. The molecule has 0 aliphatic carbocycles. The highest BCUT2D eigenvalue weighted by Gasteiger charge is 2.14. The van der Waals surface area contributed by atoms with E-state index in [1.165, 1.54) is 25.4 Å². The maximum atomic E-state index is 13.8. The molecule has 104 valence electrons. The van der Waals surface area contributed by atoms with Gasteiger partial charge in [0.25, 0.3) is 0 Å². The monoisotopic (exact) mass is 313 g/mol. The predicted molar refractivity (Wildman–Crippen MR) is 74.8 cm³/mol. The van der Waals surface area contributed by atoms with E-state index >= 15 is 0 Å². The molecule has 0 unspecified atom stereocenters. The lowest BCUT2D eigenvalue weighted by molar-refractivity contribution is 0.0600. The fourth-order valence-corrected chi connectivity index (χ4v) is 2.10. The Balaban J connectivity index is 2.35. The summed E-state index contributed by atoms with van der Waals surface area (Å²) < 4.78 is 18.4. The van der Waals surface area contributed by atoms with Crippen LogP contribution in [0.5, 0.6) is 0 Å². The van der Waals surface area contributed by atoms with Crippen LogP contribution in [0.15, 0.2) is 30.5 Å². The van der Waals surface area contributed by atoms with Crippen LogP contribution in [0.4, 0.5) is 4.39 Å². The number of esters is 1. The zero-order valence-electron chi connectivity index (χ0n) is 10.5. The fourth-order valence-electron chi connectivity index (χ4n) is 1.73. The second-order valence-corrected chi connectivity index (χ2v) is 4.85. The van der Waals surface area contributed by atoms with Crippen LogP contribution < -0.4 is 0 Å². The number of hydrogen-bond acceptors (Lipinski definition) is 3. The summed E-state index contributed by atoms with van der Waals surface area (Å²) in [7, 11) is 1.26. The van der Waals surface area contributed by atoms with E-state index in [0.29, 0.717) is 11.3 Å². The maximum absolute atomic E-state index is 13.8. The zero-order valence-corrected chi connectivity index (χ0v) is 12.0. The van der Waals surface area contributed by atoms with Gasteiger partial charge in [-0.05, 0) is 17.7 Å². The zero-order chi connectivity index (χ0) is 14.7. The molecule has 0 atom stereocenters. The van der Waals surface area contributed by atoms with Gasteiger partial charge < -0.3 is 4.74 Å². The highest BCUT2D eigenvalue weighted by molar-refractivity contribution is 6.33. The van der Waals surface area contributed by atoms with Crippen molar-refractivity contribution in [2.75, 3.05) is 7.11 Å². The Labute approximate surface area is 125 Å². The van der Waals surface area contributed by atoms with Crippen molar-refractivity contribution in [2.45, 2.75) is 6.42 Å². The minimum absolute atomic E-state index is 0.0460. The Hall–Kier alpha value is -1.65. The van der Waals surface area contributed by atoms with E-state index in [9.17, 15) is 9.18 Å². The van der Waals surface area contributed by atoms with Gasteiger partial charge in [0.2, 0.25) is 0 Å². The van der Waals surface area contributed by atoms with Crippen LogP contribution in [0.2, 0.25) is 10.0 Å². The molecule has 0 aliphatic heterocycles. The highest BCUT2D eigenvalue weighted by atomic mass is 35.5. The van der Waals surface area contributed by atoms with Crippen LogP contribution in [0, 0.1) is 5.82 Å². The molecule has 20 heavy (non-hydrogen) atoms. The molecule has 0 saturated heterocycles. The Morgan fingerprint density at radius 2 is 2.10 bits per heavy atom. The van der Waals surface area contributed by atoms with E-state index in [-0.39, 0.29) is 22.0 Å². The van der Waals surface area contributed by atoms with Crippen molar-refractivity contribution in [3.8, 4) is 0 Å². The number of halogens is 3. The van der Waals surface area contributed by atoms with Gasteiger partial charge in [-0.1, -0.05) is 35.3 Å². The van der Waals surface area contributed by atoms with E-state index in [1.807, 2.05) is 0 Å². The van der Waals surface area contributed by atoms with Crippen LogP contribution in [0.3, 0.4) is 0 Å². The van der Waals surface area contributed by atoms with Crippen LogP contribution in [0.25, 0.3) is 0 Å². The number of benzene rings is 1. The molecule has 0 radical (unpaired) electrons. The summed E-state index contributed by atoms with van der Waals surface area (Å²) in [5.41, 5.74) is 1.08. The van der Waals surface area contributed by atoms with Gasteiger partial charge in [-0.2, -0.15) is 0 Å². The predicted octanol–water partition coefficient (Wildman–Crippen LogP) is 3.90. The van der Waals surface area contributed by atoms with Gasteiger partial charge in [-0.15, -0.1) is 0 Å². The van der Waals surface area contributed by atoms with Gasteiger partial charge in [-0.25, -0.2) is 9.18 Å². The van der Waals surface area contributed by atoms with E-state index in [1.54, 1.807) is 12.1 Å². The molecule has 0 saturated carbocycles. The van der Waals surface area contributed by atoms with E-state index < -0.39 is 11.8 Å². The lowest BCUT2D eigenvalue weighted by Crippen LogP contribution is -2.05. The second-order valence-electron chi connectivity index (χ2n) is 4.04. The molecular weight excluding hydrogens is 304 g/mol. The first kappa shape index (κ1) is 14.8. The average molecular weight is 314 g/mol. The molecule has 1 aromatic carbocycles. The number of ether oxygens (including phenoxy) is 1. The van der Waals surface area contributed by atoms with Crippen molar-refractivity contribution in [3.63, 3.8) is 0 Å². The lowest BCUT2D eigenvalue weighted by Gasteiger charge is -2.07. The highest BCUT2D eigenvalue weighted by Crippen LogP contribution is 2.22. The summed E-state index contributed by atoms with van der Waals surface area (Å²) in [6, 6.07) is 6.21. The van der Waals surface area contributed by atoms with Crippen molar-refractivity contribution in [3.05, 3.63) is 63.1 Å². The Bertz CT molecular complexity index is 662. The normalized spacial score (nSPS) is 10.4. The third-order valence-corrected chi connectivity index (χ3v) is 3.31. The molecule has 1 aromatic heterocycles. The molecule has 0 bridgehead atoms. The van der Waals surface area contributed by atoms with Gasteiger partial charge in [0.15, 0.2) is 0 Å². The lowest BCUT2D eigenvalue weighted by atomic mass is 10.1. The third kappa shape index (κ3) is 3.08. The smallest absolute Gasteiger partial charge is 0.339 e. The number of rotatable bonds is 3. The molecular formula is C14H10Cl2FNO2.